The molecule has 0 saturated carbocycles. The van der Waals surface area contributed by atoms with Gasteiger partial charge in [0.25, 0.3) is 0 Å². The molecule has 0 atom stereocenters. The number of carbonyl (C=O) groups is 2. The van der Waals surface area contributed by atoms with Crippen LogP contribution in [0.2, 0.25) is 0 Å². The van der Waals surface area contributed by atoms with Crippen molar-refractivity contribution < 1.29 is 14.3 Å². The molecule has 3 N–H and O–H groups in total. The molecule has 1 amide bonds. The third-order valence-electron chi connectivity index (χ3n) is 1.71. The summed E-state index contributed by atoms with van der Waals surface area (Å²) in [6.07, 6.45) is 1.71. The van der Waals surface area contributed by atoms with Crippen molar-refractivity contribution in [2.45, 2.75) is 0 Å². The second-order valence-electron chi connectivity index (χ2n) is 2.72. The summed E-state index contributed by atoms with van der Waals surface area (Å²) in [6.45, 7) is 0. The number of nitrogens with one attached hydrogen (secondary N) is 1. The second kappa shape index (κ2) is 3.37. The van der Waals surface area contributed by atoms with Gasteiger partial charge >= 0.3 is 12.1 Å². The summed E-state index contributed by atoms with van der Waals surface area (Å²) >= 11 is 0. The van der Waals surface area contributed by atoms with Crippen molar-refractivity contribution >= 4 is 23.1 Å². The van der Waals surface area contributed by atoms with Crippen LogP contribution in [0, 0.1) is 0 Å². The van der Waals surface area contributed by atoms with Crippen molar-refractivity contribution in [2.75, 3.05) is 0 Å². The highest BCUT2D eigenvalue weighted by Gasteiger charge is 2.13. The maximum Gasteiger partial charge on any atom is 0.412 e. The lowest BCUT2D eigenvalue weighted by Crippen LogP contribution is -2.18. The van der Waals surface area contributed by atoms with Gasteiger partial charge in [0, 0.05) is 11.6 Å². The van der Waals surface area contributed by atoms with Crippen LogP contribution in [-0.2, 0) is 4.74 Å². The Morgan fingerprint density at radius 2 is 2.27 bits per heavy atom. The van der Waals surface area contributed by atoms with Gasteiger partial charge in [0.1, 0.15) is 17.7 Å². The topological polar surface area (TPSA) is 111 Å². The first kappa shape index (κ1) is 9.13. The molecule has 0 unspecified atom stereocenters. The molecule has 2 aromatic heterocycles. The molecule has 0 aliphatic carbocycles. The zero-order valence-electron chi connectivity index (χ0n) is 7.43. The lowest BCUT2D eigenvalue weighted by Gasteiger charge is -1.94. The summed E-state index contributed by atoms with van der Waals surface area (Å²) in [5, 5.41) is 0.647. The lowest BCUT2D eigenvalue weighted by molar-refractivity contribution is 0.0633. The second-order valence-corrected chi connectivity index (χ2v) is 2.72. The van der Waals surface area contributed by atoms with Gasteiger partial charge < -0.3 is 15.5 Å². The summed E-state index contributed by atoms with van der Waals surface area (Å²) in [5.74, 6) is -0.847. The van der Waals surface area contributed by atoms with Crippen LogP contribution in [0.4, 0.5) is 4.79 Å². The van der Waals surface area contributed by atoms with E-state index in [0.717, 1.165) is 0 Å². The molecule has 0 aromatic carbocycles. The molecule has 76 valence electrons. The Hall–Kier alpha value is -2.44. The summed E-state index contributed by atoms with van der Waals surface area (Å²) in [7, 11) is 0. The summed E-state index contributed by atoms with van der Waals surface area (Å²) in [6, 6.07) is 1.47. The molecule has 0 aliphatic rings. The van der Waals surface area contributed by atoms with Crippen LogP contribution in [0.5, 0.6) is 0 Å². The molecule has 0 bridgehead atoms. The van der Waals surface area contributed by atoms with Crippen LogP contribution in [-0.4, -0.2) is 27.0 Å². The maximum absolute atomic E-state index is 11.2. The fourth-order valence-electron chi connectivity index (χ4n) is 1.13. The van der Waals surface area contributed by atoms with Crippen LogP contribution < -0.4 is 5.73 Å². The van der Waals surface area contributed by atoms with Gasteiger partial charge in [-0.05, 0) is 6.07 Å². The van der Waals surface area contributed by atoms with E-state index >= 15 is 0 Å². The molecule has 2 heterocycles. The molecule has 2 aromatic rings. The number of aromatic nitrogens is 3. The van der Waals surface area contributed by atoms with Gasteiger partial charge in [-0.15, -0.1) is 0 Å². The van der Waals surface area contributed by atoms with E-state index in [1.165, 1.54) is 18.6 Å². The zero-order chi connectivity index (χ0) is 10.8. The van der Waals surface area contributed by atoms with Crippen LogP contribution in [0.15, 0.2) is 18.6 Å². The normalized spacial score (nSPS) is 10.1. The van der Waals surface area contributed by atoms with Crippen molar-refractivity contribution in [1.29, 1.82) is 0 Å². The molecule has 0 saturated heterocycles. The Balaban J connectivity index is 2.36. The molecule has 0 fully saturated rings. The largest absolute Gasteiger partial charge is 0.412 e. The van der Waals surface area contributed by atoms with Gasteiger partial charge in [-0.2, -0.15) is 0 Å². The Labute approximate surface area is 83.3 Å². The molecule has 15 heavy (non-hydrogen) atoms. The first-order valence-corrected chi connectivity index (χ1v) is 3.97. The minimum absolute atomic E-state index is 0.101. The predicted octanol–water partition coefficient (Wildman–Crippen LogP) is 0.193. The van der Waals surface area contributed by atoms with Gasteiger partial charge in [-0.3, -0.25) is 0 Å². The Morgan fingerprint density at radius 3 is 2.93 bits per heavy atom. The van der Waals surface area contributed by atoms with Gasteiger partial charge in [-0.25, -0.2) is 19.6 Å². The highest BCUT2D eigenvalue weighted by molar-refractivity contribution is 5.98. The fraction of sp³-hybridized carbons (Fsp3) is 0. The maximum atomic E-state index is 11.2. The highest BCUT2D eigenvalue weighted by atomic mass is 16.6. The van der Waals surface area contributed by atoms with Gasteiger partial charge in [0.15, 0.2) is 0 Å². The van der Waals surface area contributed by atoms with E-state index in [2.05, 4.69) is 19.7 Å². The van der Waals surface area contributed by atoms with Crippen molar-refractivity contribution in [3.8, 4) is 0 Å². The molecular weight excluding hydrogens is 200 g/mol. The van der Waals surface area contributed by atoms with Gasteiger partial charge in [0.2, 0.25) is 0 Å². The minimum atomic E-state index is -1.15. The van der Waals surface area contributed by atoms with Crippen LogP contribution in [0.25, 0.3) is 11.0 Å². The van der Waals surface area contributed by atoms with E-state index in [-0.39, 0.29) is 5.69 Å². The number of H-pyrrole nitrogens is 1. The Morgan fingerprint density at radius 1 is 1.47 bits per heavy atom. The molecule has 0 spiro atoms. The highest BCUT2D eigenvalue weighted by Crippen LogP contribution is 2.11. The molecule has 0 aliphatic heterocycles. The number of nitrogens with two attached hydrogens (primary N) is 1. The third kappa shape index (κ3) is 1.75. The minimum Gasteiger partial charge on any atom is -0.372 e. The predicted molar refractivity (Wildman–Crippen MR) is 48.9 cm³/mol. The number of nitrogens with zero attached hydrogens (tertiary/aromatic N) is 2. The standard InChI is InChI=1S/C8H6N4O3/c9-8(14)15-7(13)5-1-4-2-10-3-11-6(4)12-5/h1-3H,(H2,9,14)(H,10,11,12). The molecule has 0 radical (unpaired) electrons. The zero-order valence-corrected chi connectivity index (χ0v) is 7.43. The Bertz CT molecular complexity index is 500. The van der Waals surface area contributed by atoms with Gasteiger partial charge in [0.05, 0.1) is 0 Å². The van der Waals surface area contributed by atoms with Crippen molar-refractivity contribution in [3.63, 3.8) is 0 Å². The number of primary amides is 1. The number of carbonyl (C=O) groups excluding carboxylic acids is 2. The van der Waals surface area contributed by atoms with Crippen LogP contribution in [0.1, 0.15) is 10.5 Å². The summed E-state index contributed by atoms with van der Waals surface area (Å²) < 4.78 is 4.19. The van der Waals surface area contributed by atoms with E-state index in [0.29, 0.717) is 11.0 Å². The van der Waals surface area contributed by atoms with E-state index in [9.17, 15) is 9.59 Å². The lowest BCUT2D eigenvalue weighted by atomic mass is 10.4. The number of amides is 1. The fourth-order valence-corrected chi connectivity index (χ4v) is 1.13. The SMILES string of the molecule is NC(=O)OC(=O)c1cc2cncnc2[nH]1. The first-order chi connectivity index (χ1) is 7.16. The van der Waals surface area contributed by atoms with E-state index in [1.54, 1.807) is 0 Å². The average molecular weight is 206 g/mol. The first-order valence-electron chi connectivity index (χ1n) is 3.97. The molecule has 7 heteroatoms. The average Bonchev–Trinajstić information content (AvgIpc) is 2.59. The number of fused-ring (bicyclic) bond motifs is 1. The molecule has 7 nitrogen and oxygen atoms in total. The molecule has 2 rings (SSSR count). The monoisotopic (exact) mass is 206 g/mol. The van der Waals surface area contributed by atoms with E-state index in [4.69, 9.17) is 5.73 Å². The quantitative estimate of drug-likeness (QED) is 0.511. The van der Waals surface area contributed by atoms with Crippen molar-refractivity contribution in [2.24, 2.45) is 5.73 Å². The smallest absolute Gasteiger partial charge is 0.372 e. The third-order valence-corrected chi connectivity index (χ3v) is 1.71. The van der Waals surface area contributed by atoms with Gasteiger partial charge in [-0.1, -0.05) is 0 Å². The van der Waals surface area contributed by atoms with E-state index < -0.39 is 12.1 Å². The van der Waals surface area contributed by atoms with Crippen LogP contribution >= 0.6 is 0 Å². The number of aromatic amines is 1. The Kier molecular flexibility index (Phi) is 2.05. The number of esters is 1. The number of hydrogen-bond donors (Lipinski definition) is 2. The number of ether oxygens (including phenoxy) is 1. The summed E-state index contributed by atoms with van der Waals surface area (Å²) in [4.78, 5) is 31.9. The van der Waals surface area contributed by atoms with Crippen molar-refractivity contribution in [1.82, 2.24) is 15.0 Å². The summed E-state index contributed by atoms with van der Waals surface area (Å²) in [5.41, 5.74) is 5.29. The van der Waals surface area contributed by atoms with E-state index in [1.807, 2.05) is 0 Å². The number of rotatable bonds is 1. The number of hydrogen-bond acceptors (Lipinski definition) is 5. The molecular formula is C8H6N4O3. The van der Waals surface area contributed by atoms with Crippen molar-refractivity contribution in [3.05, 3.63) is 24.3 Å². The van der Waals surface area contributed by atoms with Crippen LogP contribution in [0.3, 0.4) is 0 Å².